The number of nitrogens with zero attached hydrogens (tertiary/aromatic N) is 2. The van der Waals surface area contributed by atoms with Crippen molar-refractivity contribution in [3.05, 3.63) is 24.5 Å². The Bertz CT molecular complexity index is 341. The highest BCUT2D eigenvalue weighted by Gasteiger charge is 1.96. The Morgan fingerprint density at radius 3 is 2.60 bits per heavy atom. The van der Waals surface area contributed by atoms with Gasteiger partial charge in [-0.1, -0.05) is 0 Å². The summed E-state index contributed by atoms with van der Waals surface area (Å²) in [5.74, 6) is 0.881. The Morgan fingerprint density at radius 2 is 1.95 bits per heavy atom. The number of guanidine groups is 1. The summed E-state index contributed by atoms with van der Waals surface area (Å²) in [6, 6.07) is 4.07. The van der Waals surface area contributed by atoms with Crippen LogP contribution in [0.1, 0.15) is 20.3 Å². The molecule has 0 radical (unpaired) electrons. The fourth-order valence-corrected chi connectivity index (χ4v) is 1.67. The summed E-state index contributed by atoms with van der Waals surface area (Å²) in [5, 5.41) is 6.57. The Hall–Kier alpha value is -0.760. The van der Waals surface area contributed by atoms with Gasteiger partial charge in [-0.25, -0.2) is 0 Å². The number of halogens is 1. The highest BCUT2D eigenvalue weighted by molar-refractivity contribution is 14.0. The largest absolute Gasteiger partial charge is 0.382 e. The lowest BCUT2D eigenvalue weighted by Gasteiger charge is -2.11. The number of ether oxygens (including phenoxy) is 1. The van der Waals surface area contributed by atoms with Crippen molar-refractivity contribution >= 4 is 29.9 Å². The zero-order valence-electron chi connectivity index (χ0n) is 12.5. The number of hydrogen-bond donors (Lipinski definition) is 2. The van der Waals surface area contributed by atoms with Gasteiger partial charge in [0.05, 0.1) is 0 Å². The third-order valence-corrected chi connectivity index (χ3v) is 2.59. The molecule has 1 aromatic rings. The van der Waals surface area contributed by atoms with Gasteiger partial charge in [-0.3, -0.25) is 4.99 Å². The van der Waals surface area contributed by atoms with Crippen LogP contribution in [0.5, 0.6) is 0 Å². The van der Waals surface area contributed by atoms with Crippen LogP contribution in [0.25, 0.3) is 0 Å². The van der Waals surface area contributed by atoms with E-state index in [1.165, 1.54) is 0 Å². The minimum absolute atomic E-state index is 0. The van der Waals surface area contributed by atoms with Crippen molar-refractivity contribution < 1.29 is 4.74 Å². The van der Waals surface area contributed by atoms with Gasteiger partial charge in [0.2, 0.25) is 0 Å². The van der Waals surface area contributed by atoms with Crippen LogP contribution in [0.3, 0.4) is 0 Å². The molecule has 1 heterocycles. The number of rotatable bonds is 9. The van der Waals surface area contributed by atoms with Crippen LogP contribution in [0.4, 0.5) is 0 Å². The van der Waals surface area contributed by atoms with Crippen LogP contribution in [-0.2, 0) is 11.3 Å². The second kappa shape index (κ2) is 13.2. The van der Waals surface area contributed by atoms with Crippen molar-refractivity contribution in [2.75, 3.05) is 32.8 Å². The van der Waals surface area contributed by atoms with Crippen molar-refractivity contribution in [3.63, 3.8) is 0 Å². The second-order valence-corrected chi connectivity index (χ2v) is 4.16. The summed E-state index contributed by atoms with van der Waals surface area (Å²) >= 11 is 0. The molecule has 0 aliphatic carbocycles. The molecule has 1 aromatic heterocycles. The van der Waals surface area contributed by atoms with E-state index >= 15 is 0 Å². The third kappa shape index (κ3) is 9.19. The van der Waals surface area contributed by atoms with Gasteiger partial charge in [-0.15, -0.1) is 24.0 Å². The number of aliphatic imine (C=N–C) groups is 1. The molecular formula is C14H27IN4O. The summed E-state index contributed by atoms with van der Waals surface area (Å²) in [4.78, 5) is 4.51. The Kier molecular flexibility index (Phi) is 12.7. The standard InChI is InChI=1S/C14H26N4O.HI/c1-3-15-14(16-8-7-13-19-4-2)17-9-12-18-10-5-6-11-18;/h5-6,10-11H,3-4,7-9,12-13H2,1-2H3,(H2,15,16,17);1H. The van der Waals surface area contributed by atoms with Crippen LogP contribution in [0, 0.1) is 0 Å². The zero-order valence-corrected chi connectivity index (χ0v) is 14.8. The van der Waals surface area contributed by atoms with E-state index < -0.39 is 0 Å². The van der Waals surface area contributed by atoms with Crippen LogP contribution in [0.15, 0.2) is 29.5 Å². The van der Waals surface area contributed by atoms with Gasteiger partial charge in [-0.05, 0) is 32.4 Å². The van der Waals surface area contributed by atoms with Gasteiger partial charge < -0.3 is 19.9 Å². The van der Waals surface area contributed by atoms with Crippen LogP contribution in [-0.4, -0.2) is 43.4 Å². The molecule has 0 spiro atoms. The second-order valence-electron chi connectivity index (χ2n) is 4.16. The highest BCUT2D eigenvalue weighted by Crippen LogP contribution is 1.88. The maximum atomic E-state index is 5.29. The van der Waals surface area contributed by atoms with Gasteiger partial charge in [-0.2, -0.15) is 0 Å². The quantitative estimate of drug-likeness (QED) is 0.292. The molecule has 0 bridgehead atoms. The Labute approximate surface area is 139 Å². The van der Waals surface area contributed by atoms with Crippen molar-refractivity contribution in [3.8, 4) is 0 Å². The van der Waals surface area contributed by atoms with Crippen molar-refractivity contribution in [2.24, 2.45) is 4.99 Å². The first-order valence-electron chi connectivity index (χ1n) is 7.07. The molecule has 6 heteroatoms. The molecule has 0 amide bonds. The van der Waals surface area contributed by atoms with Gasteiger partial charge in [0.15, 0.2) is 5.96 Å². The first-order valence-corrected chi connectivity index (χ1v) is 7.07. The molecular weight excluding hydrogens is 367 g/mol. The molecule has 0 fully saturated rings. The predicted octanol–water partition coefficient (Wildman–Crippen LogP) is 2.09. The fraction of sp³-hybridized carbons (Fsp3) is 0.643. The van der Waals surface area contributed by atoms with E-state index in [4.69, 9.17) is 4.74 Å². The zero-order chi connectivity index (χ0) is 13.8. The minimum Gasteiger partial charge on any atom is -0.382 e. The predicted molar refractivity (Wildman–Crippen MR) is 94.9 cm³/mol. The Morgan fingerprint density at radius 1 is 1.20 bits per heavy atom. The SMILES string of the molecule is CCNC(=NCCCOCC)NCCn1cccc1.I. The lowest BCUT2D eigenvalue weighted by Crippen LogP contribution is -2.38. The summed E-state index contributed by atoms with van der Waals surface area (Å²) < 4.78 is 7.44. The monoisotopic (exact) mass is 394 g/mol. The van der Waals surface area contributed by atoms with E-state index in [0.717, 1.165) is 51.8 Å². The summed E-state index contributed by atoms with van der Waals surface area (Å²) in [5.41, 5.74) is 0. The maximum absolute atomic E-state index is 5.29. The smallest absolute Gasteiger partial charge is 0.191 e. The molecule has 0 aliphatic heterocycles. The van der Waals surface area contributed by atoms with Gasteiger partial charge in [0.25, 0.3) is 0 Å². The van der Waals surface area contributed by atoms with E-state index in [1.54, 1.807) is 0 Å². The van der Waals surface area contributed by atoms with Crippen LogP contribution < -0.4 is 10.6 Å². The molecule has 116 valence electrons. The minimum atomic E-state index is 0. The lowest BCUT2D eigenvalue weighted by atomic mass is 10.4. The summed E-state index contributed by atoms with van der Waals surface area (Å²) in [6.07, 6.45) is 5.09. The first-order chi connectivity index (χ1) is 9.36. The van der Waals surface area contributed by atoms with Crippen molar-refractivity contribution in [1.82, 2.24) is 15.2 Å². The number of aromatic nitrogens is 1. The van der Waals surface area contributed by atoms with Crippen LogP contribution >= 0.6 is 24.0 Å². The number of nitrogens with one attached hydrogen (secondary N) is 2. The molecule has 2 N–H and O–H groups in total. The molecule has 0 saturated heterocycles. The van der Waals surface area contributed by atoms with E-state index in [1.807, 2.05) is 19.1 Å². The molecule has 5 nitrogen and oxygen atoms in total. The fourth-order valence-electron chi connectivity index (χ4n) is 1.67. The average molecular weight is 394 g/mol. The topological polar surface area (TPSA) is 50.6 Å². The van der Waals surface area contributed by atoms with Gasteiger partial charge in [0, 0.05) is 51.8 Å². The molecule has 0 unspecified atom stereocenters. The summed E-state index contributed by atoms with van der Waals surface area (Å²) in [7, 11) is 0. The number of hydrogen-bond acceptors (Lipinski definition) is 2. The van der Waals surface area contributed by atoms with Gasteiger partial charge >= 0.3 is 0 Å². The van der Waals surface area contributed by atoms with Crippen molar-refractivity contribution in [1.29, 1.82) is 0 Å². The highest BCUT2D eigenvalue weighted by atomic mass is 127. The van der Waals surface area contributed by atoms with E-state index in [0.29, 0.717) is 0 Å². The summed E-state index contributed by atoms with van der Waals surface area (Å²) in [6.45, 7) is 9.11. The van der Waals surface area contributed by atoms with E-state index in [2.05, 4.69) is 39.5 Å². The average Bonchev–Trinajstić information content (AvgIpc) is 2.91. The Balaban J connectivity index is 0.00000361. The molecule has 0 aliphatic rings. The molecule has 20 heavy (non-hydrogen) atoms. The van der Waals surface area contributed by atoms with E-state index in [9.17, 15) is 0 Å². The lowest BCUT2D eigenvalue weighted by molar-refractivity contribution is 0.146. The third-order valence-electron chi connectivity index (χ3n) is 2.59. The maximum Gasteiger partial charge on any atom is 0.191 e. The normalized spacial score (nSPS) is 11.0. The van der Waals surface area contributed by atoms with Gasteiger partial charge in [0.1, 0.15) is 0 Å². The molecule has 0 atom stereocenters. The molecule has 1 rings (SSSR count). The molecule has 0 saturated carbocycles. The van der Waals surface area contributed by atoms with E-state index in [-0.39, 0.29) is 24.0 Å². The van der Waals surface area contributed by atoms with Crippen LogP contribution in [0.2, 0.25) is 0 Å². The van der Waals surface area contributed by atoms with Crippen molar-refractivity contribution in [2.45, 2.75) is 26.8 Å². The first kappa shape index (κ1) is 19.2. The molecule has 0 aromatic carbocycles.